The Morgan fingerprint density at radius 2 is 1.50 bits per heavy atom. The third kappa shape index (κ3) is 4.02. The largest absolute Gasteiger partial charge is 0.462 e. The number of rotatable bonds is 5. The van der Waals surface area contributed by atoms with Gasteiger partial charge in [0.1, 0.15) is 0 Å². The third-order valence-corrected chi connectivity index (χ3v) is 5.73. The van der Waals surface area contributed by atoms with Crippen LogP contribution in [0.3, 0.4) is 0 Å². The molecule has 26 heavy (non-hydrogen) atoms. The Kier molecular flexibility index (Phi) is 5.71. The van der Waals surface area contributed by atoms with Gasteiger partial charge in [0.05, 0.1) is 6.61 Å². The van der Waals surface area contributed by atoms with Crippen molar-refractivity contribution >= 4 is 5.97 Å². The first-order valence-electron chi connectivity index (χ1n) is 8.44. The van der Waals surface area contributed by atoms with Crippen LogP contribution in [-0.4, -0.2) is 35.6 Å². The molecule has 0 heterocycles. The first-order chi connectivity index (χ1) is 11.8. The first-order valence-corrected chi connectivity index (χ1v) is 8.44. The second-order valence-corrected chi connectivity index (χ2v) is 7.53. The van der Waals surface area contributed by atoms with Crippen LogP contribution < -0.4 is 0 Å². The van der Waals surface area contributed by atoms with E-state index < -0.39 is 36.3 Å². The molecule has 150 valence electrons. The van der Waals surface area contributed by atoms with Gasteiger partial charge in [-0.25, -0.2) is 4.79 Å². The van der Waals surface area contributed by atoms with Crippen molar-refractivity contribution in [3.63, 3.8) is 0 Å². The van der Waals surface area contributed by atoms with Crippen LogP contribution in [0, 0.1) is 23.7 Å². The molecule has 0 aliphatic heterocycles. The predicted molar refractivity (Wildman–Crippen MR) is 79.9 cm³/mol. The molecule has 0 saturated heterocycles. The molecule has 0 spiro atoms. The fourth-order valence-electron chi connectivity index (χ4n) is 4.21. The summed E-state index contributed by atoms with van der Waals surface area (Å²) in [5, 5.41) is 9.44. The summed E-state index contributed by atoms with van der Waals surface area (Å²) in [6.45, 7) is 5.02. The molecular formula is C17H22F6O3. The second-order valence-electron chi connectivity index (χ2n) is 7.53. The van der Waals surface area contributed by atoms with Crippen LogP contribution in [0.15, 0.2) is 12.2 Å². The van der Waals surface area contributed by atoms with Gasteiger partial charge < -0.3 is 9.84 Å². The zero-order chi connectivity index (χ0) is 19.9. The van der Waals surface area contributed by atoms with Crippen LogP contribution in [0.5, 0.6) is 0 Å². The van der Waals surface area contributed by atoms with E-state index in [4.69, 9.17) is 4.74 Å². The Morgan fingerprint density at radius 3 is 1.88 bits per heavy atom. The topological polar surface area (TPSA) is 46.5 Å². The summed E-state index contributed by atoms with van der Waals surface area (Å²) in [5.74, 6) is -1.99. The Morgan fingerprint density at radius 1 is 1.04 bits per heavy atom. The average molecular weight is 388 g/mol. The van der Waals surface area contributed by atoms with Crippen LogP contribution in [0.25, 0.3) is 0 Å². The number of aliphatic hydroxyl groups is 1. The van der Waals surface area contributed by atoms with E-state index in [0.717, 1.165) is 0 Å². The van der Waals surface area contributed by atoms with Gasteiger partial charge in [0, 0.05) is 5.57 Å². The number of hydrogen-bond acceptors (Lipinski definition) is 3. The molecule has 3 fully saturated rings. The van der Waals surface area contributed by atoms with Crippen molar-refractivity contribution in [1.82, 2.24) is 0 Å². The minimum Gasteiger partial charge on any atom is -0.462 e. The summed E-state index contributed by atoms with van der Waals surface area (Å²) in [6.07, 6.45) is -11.2. The van der Waals surface area contributed by atoms with Gasteiger partial charge in [0.15, 0.2) is 0 Å². The molecule has 2 bridgehead atoms. The predicted octanol–water partition coefficient (Wildman–Crippen LogP) is 4.40. The Balaban J connectivity index is 2.05. The van der Waals surface area contributed by atoms with Gasteiger partial charge in [-0.05, 0) is 62.7 Å². The molecule has 0 aromatic heterocycles. The molecule has 1 N–H and O–H groups in total. The van der Waals surface area contributed by atoms with E-state index in [2.05, 4.69) is 6.58 Å². The van der Waals surface area contributed by atoms with Gasteiger partial charge in [0.2, 0.25) is 0 Å². The lowest BCUT2D eigenvalue weighted by atomic mass is 9.58. The number of halogens is 6. The quantitative estimate of drug-likeness (QED) is 0.431. The highest BCUT2D eigenvalue weighted by Gasteiger charge is 2.71. The summed E-state index contributed by atoms with van der Waals surface area (Å²) in [5.41, 5.74) is -4.46. The van der Waals surface area contributed by atoms with Crippen LogP contribution in [0.2, 0.25) is 0 Å². The van der Waals surface area contributed by atoms with E-state index in [1.807, 2.05) is 0 Å². The van der Waals surface area contributed by atoms with Crippen molar-refractivity contribution in [2.75, 3.05) is 6.61 Å². The third-order valence-electron chi connectivity index (χ3n) is 5.73. The SMILES string of the molecule is C=C(C)C(=O)OCC1CC2CCC1CC2CC(O)(C(F)(F)F)C(F)(F)F. The maximum absolute atomic E-state index is 12.9. The highest BCUT2D eigenvalue weighted by Crippen LogP contribution is 2.54. The van der Waals surface area contributed by atoms with Crippen molar-refractivity contribution < 1.29 is 41.0 Å². The molecule has 0 amide bonds. The first kappa shape index (κ1) is 21.1. The minimum absolute atomic E-state index is 0.0850. The van der Waals surface area contributed by atoms with Gasteiger partial charge in [-0.2, -0.15) is 26.3 Å². The summed E-state index contributed by atoms with van der Waals surface area (Å²) < 4.78 is 82.6. The number of ether oxygens (including phenoxy) is 1. The smallest absolute Gasteiger partial charge is 0.426 e. The van der Waals surface area contributed by atoms with Crippen LogP contribution in [0.4, 0.5) is 26.3 Å². The Hall–Kier alpha value is -1.25. The van der Waals surface area contributed by atoms with E-state index in [-0.39, 0.29) is 36.4 Å². The van der Waals surface area contributed by atoms with Crippen molar-refractivity contribution in [1.29, 1.82) is 0 Å². The fourth-order valence-corrected chi connectivity index (χ4v) is 4.21. The molecule has 3 saturated carbocycles. The molecule has 9 heteroatoms. The van der Waals surface area contributed by atoms with Gasteiger partial charge in [-0.3, -0.25) is 0 Å². The monoisotopic (exact) mass is 388 g/mol. The molecule has 0 aromatic carbocycles. The standard InChI is InChI=1S/C17H22F6O3/c1-9(2)14(24)26-8-13-6-10-3-4-11(13)5-12(10)7-15(25,16(18,19)20)17(21,22)23/h10-13,25H,1,3-8H2,2H3. The van der Waals surface area contributed by atoms with Gasteiger partial charge in [-0.15, -0.1) is 0 Å². The zero-order valence-electron chi connectivity index (χ0n) is 14.3. The maximum Gasteiger partial charge on any atom is 0.426 e. The number of carbonyl (C=O) groups excluding carboxylic acids is 1. The van der Waals surface area contributed by atoms with E-state index in [1.54, 1.807) is 0 Å². The lowest BCUT2D eigenvalue weighted by molar-refractivity contribution is -0.374. The number of alkyl halides is 6. The molecule has 0 radical (unpaired) electrons. The van der Waals surface area contributed by atoms with Crippen LogP contribution in [0.1, 0.15) is 39.0 Å². The van der Waals surface area contributed by atoms with Crippen molar-refractivity contribution in [3.05, 3.63) is 12.2 Å². The van der Waals surface area contributed by atoms with Gasteiger partial charge >= 0.3 is 18.3 Å². The summed E-state index contributed by atoms with van der Waals surface area (Å²) in [4.78, 5) is 11.5. The lowest BCUT2D eigenvalue weighted by Gasteiger charge is -2.49. The molecule has 4 unspecified atom stereocenters. The van der Waals surface area contributed by atoms with Crippen LogP contribution in [-0.2, 0) is 9.53 Å². The molecule has 3 rings (SSSR count). The van der Waals surface area contributed by atoms with Crippen molar-refractivity contribution in [2.24, 2.45) is 23.7 Å². The Labute approximate surface area is 147 Å². The maximum atomic E-state index is 12.9. The van der Waals surface area contributed by atoms with Crippen molar-refractivity contribution in [3.8, 4) is 0 Å². The molecule has 3 nitrogen and oxygen atoms in total. The second kappa shape index (κ2) is 7.05. The highest BCUT2D eigenvalue weighted by atomic mass is 19.4. The lowest BCUT2D eigenvalue weighted by Crippen LogP contribution is -2.59. The van der Waals surface area contributed by atoms with E-state index in [9.17, 15) is 36.2 Å². The summed E-state index contributed by atoms with van der Waals surface area (Å²) in [6, 6.07) is 0. The number of hydrogen-bond donors (Lipinski definition) is 1. The number of esters is 1. The van der Waals surface area contributed by atoms with E-state index in [0.29, 0.717) is 19.3 Å². The van der Waals surface area contributed by atoms with Crippen LogP contribution >= 0.6 is 0 Å². The number of carbonyl (C=O) groups is 1. The fraction of sp³-hybridized carbons (Fsp3) is 0.824. The summed E-state index contributed by atoms with van der Waals surface area (Å²) >= 11 is 0. The van der Waals surface area contributed by atoms with E-state index in [1.165, 1.54) is 6.92 Å². The average Bonchev–Trinajstić information content (AvgIpc) is 2.51. The molecular weight excluding hydrogens is 366 g/mol. The highest BCUT2D eigenvalue weighted by molar-refractivity contribution is 5.86. The molecule has 0 aromatic rings. The molecule has 3 aliphatic carbocycles. The van der Waals surface area contributed by atoms with Gasteiger partial charge in [-0.1, -0.05) is 6.58 Å². The number of fused-ring (bicyclic) bond motifs is 3. The Bertz CT molecular complexity index is 540. The zero-order valence-corrected chi connectivity index (χ0v) is 14.3. The van der Waals surface area contributed by atoms with E-state index >= 15 is 0 Å². The normalized spacial score (nSPS) is 29.5. The van der Waals surface area contributed by atoms with Gasteiger partial charge in [0.25, 0.3) is 5.60 Å². The molecule has 3 aliphatic rings. The summed E-state index contributed by atoms with van der Waals surface area (Å²) in [7, 11) is 0. The minimum atomic E-state index is -5.78. The molecule has 4 atom stereocenters. The van der Waals surface area contributed by atoms with Crippen molar-refractivity contribution in [2.45, 2.75) is 57.0 Å².